The monoisotopic (exact) mass is 400 g/mol. The Kier molecular flexibility index (Phi) is 5.31. The van der Waals surface area contributed by atoms with Crippen molar-refractivity contribution in [2.24, 2.45) is 0 Å². The van der Waals surface area contributed by atoms with Crippen LogP contribution in [-0.4, -0.2) is 57.4 Å². The summed E-state index contributed by atoms with van der Waals surface area (Å²) in [6.45, 7) is 3.61. The van der Waals surface area contributed by atoms with E-state index in [1.165, 1.54) is 0 Å². The Morgan fingerprint density at radius 3 is 2.39 bits per heavy atom. The molecule has 7 heteroatoms. The van der Waals surface area contributed by atoms with E-state index in [4.69, 9.17) is 5.73 Å². The van der Waals surface area contributed by atoms with Gasteiger partial charge < -0.3 is 15.5 Å². The number of sulfonamides is 1. The molecule has 2 aliphatic heterocycles. The van der Waals surface area contributed by atoms with Gasteiger partial charge in [-0.05, 0) is 43.7 Å². The molecular formula is C21H28N4O2S. The third-order valence-corrected chi connectivity index (χ3v) is 7.69. The molecule has 6 nitrogen and oxygen atoms in total. The van der Waals surface area contributed by atoms with Crippen LogP contribution in [0.1, 0.15) is 24.4 Å². The summed E-state index contributed by atoms with van der Waals surface area (Å²) in [5.74, 6) is 0. The van der Waals surface area contributed by atoms with Gasteiger partial charge in [-0.1, -0.05) is 30.3 Å². The number of hydrogen-bond donors (Lipinski definition) is 1. The second-order valence-electron chi connectivity index (χ2n) is 7.73. The molecule has 2 N–H and O–H groups in total. The van der Waals surface area contributed by atoms with E-state index in [1.807, 2.05) is 43.4 Å². The summed E-state index contributed by atoms with van der Waals surface area (Å²) < 4.78 is 29.3. The van der Waals surface area contributed by atoms with Crippen molar-refractivity contribution in [3.63, 3.8) is 0 Å². The molecule has 0 aliphatic carbocycles. The zero-order valence-electron chi connectivity index (χ0n) is 16.3. The molecule has 0 unspecified atom stereocenters. The van der Waals surface area contributed by atoms with Gasteiger partial charge in [-0.15, -0.1) is 0 Å². The number of piperazine rings is 1. The lowest BCUT2D eigenvalue weighted by Crippen LogP contribution is -2.49. The van der Waals surface area contributed by atoms with Crippen molar-refractivity contribution in [2.75, 3.05) is 50.4 Å². The van der Waals surface area contributed by atoms with Crippen LogP contribution in [0.3, 0.4) is 0 Å². The molecule has 2 fully saturated rings. The summed E-state index contributed by atoms with van der Waals surface area (Å²) in [5.41, 5.74) is 8.37. The van der Waals surface area contributed by atoms with E-state index in [0.717, 1.165) is 43.7 Å². The Hall–Kier alpha value is -2.09. The van der Waals surface area contributed by atoms with Crippen molar-refractivity contribution in [1.29, 1.82) is 0 Å². The lowest BCUT2D eigenvalue weighted by atomic mass is 10.1. The molecule has 1 atom stereocenters. The average Bonchev–Trinajstić information content (AvgIpc) is 3.23. The highest BCUT2D eigenvalue weighted by Gasteiger charge is 2.38. The maximum atomic E-state index is 13.8. The quantitative estimate of drug-likeness (QED) is 0.799. The van der Waals surface area contributed by atoms with Crippen LogP contribution in [0.5, 0.6) is 0 Å². The first kappa shape index (κ1) is 19.2. The van der Waals surface area contributed by atoms with Crippen LogP contribution < -0.4 is 10.6 Å². The van der Waals surface area contributed by atoms with E-state index in [-0.39, 0.29) is 6.04 Å². The van der Waals surface area contributed by atoms with Gasteiger partial charge >= 0.3 is 0 Å². The van der Waals surface area contributed by atoms with E-state index in [1.54, 1.807) is 16.4 Å². The van der Waals surface area contributed by atoms with Crippen LogP contribution in [0.2, 0.25) is 0 Å². The molecular weight excluding hydrogens is 372 g/mol. The zero-order valence-corrected chi connectivity index (χ0v) is 17.1. The summed E-state index contributed by atoms with van der Waals surface area (Å²) in [7, 11) is -1.62. The molecule has 2 saturated heterocycles. The highest BCUT2D eigenvalue weighted by Crippen LogP contribution is 2.36. The SMILES string of the molecule is CN1CCN(S(=O)(=O)c2ccc(N)cc2N2CCCC2)[C@@H](c2ccccc2)C1. The fourth-order valence-corrected chi connectivity index (χ4v) is 6.01. The molecule has 0 radical (unpaired) electrons. The molecule has 0 aromatic heterocycles. The van der Waals surface area contributed by atoms with Crippen molar-refractivity contribution in [1.82, 2.24) is 9.21 Å². The Bertz CT molecular complexity index is 927. The molecule has 28 heavy (non-hydrogen) atoms. The lowest BCUT2D eigenvalue weighted by molar-refractivity contribution is 0.161. The summed E-state index contributed by atoms with van der Waals surface area (Å²) in [6, 6.07) is 14.9. The maximum Gasteiger partial charge on any atom is 0.245 e. The first-order valence-electron chi connectivity index (χ1n) is 9.86. The van der Waals surface area contributed by atoms with Gasteiger partial charge in [-0.25, -0.2) is 8.42 Å². The van der Waals surface area contributed by atoms with Gasteiger partial charge in [0, 0.05) is 38.4 Å². The largest absolute Gasteiger partial charge is 0.399 e. The second kappa shape index (κ2) is 7.73. The number of nitrogens with zero attached hydrogens (tertiary/aromatic N) is 3. The van der Waals surface area contributed by atoms with Crippen LogP contribution in [0.4, 0.5) is 11.4 Å². The summed E-state index contributed by atoms with van der Waals surface area (Å²) in [5, 5.41) is 0. The normalized spacial score (nSPS) is 21.9. The fourth-order valence-electron chi connectivity index (χ4n) is 4.22. The Balaban J connectivity index is 1.76. The highest BCUT2D eigenvalue weighted by atomic mass is 32.2. The molecule has 0 spiro atoms. The minimum Gasteiger partial charge on any atom is -0.399 e. The van der Waals surface area contributed by atoms with E-state index in [0.29, 0.717) is 23.7 Å². The predicted octanol–water partition coefficient (Wildman–Crippen LogP) is 2.55. The number of likely N-dealkylation sites (N-methyl/N-ethyl adjacent to an activating group) is 1. The fraction of sp³-hybridized carbons (Fsp3) is 0.429. The van der Waals surface area contributed by atoms with Crippen molar-refractivity contribution in [3.05, 3.63) is 54.1 Å². The van der Waals surface area contributed by atoms with Crippen LogP contribution in [-0.2, 0) is 10.0 Å². The summed E-state index contributed by atoms with van der Waals surface area (Å²) in [4.78, 5) is 4.71. The van der Waals surface area contributed by atoms with E-state index in [9.17, 15) is 8.42 Å². The first-order chi connectivity index (χ1) is 13.5. The van der Waals surface area contributed by atoms with Gasteiger partial charge in [0.2, 0.25) is 10.0 Å². The van der Waals surface area contributed by atoms with Gasteiger partial charge in [0.25, 0.3) is 0 Å². The maximum absolute atomic E-state index is 13.8. The number of nitrogens with two attached hydrogens (primary N) is 1. The number of nitrogen functional groups attached to an aromatic ring is 1. The minimum atomic E-state index is -3.66. The van der Waals surface area contributed by atoms with Gasteiger partial charge in [0.1, 0.15) is 4.90 Å². The van der Waals surface area contributed by atoms with Crippen molar-refractivity contribution in [3.8, 4) is 0 Å². The van der Waals surface area contributed by atoms with Crippen molar-refractivity contribution < 1.29 is 8.42 Å². The predicted molar refractivity (Wildman–Crippen MR) is 113 cm³/mol. The van der Waals surface area contributed by atoms with Crippen molar-refractivity contribution >= 4 is 21.4 Å². The Morgan fingerprint density at radius 1 is 0.964 bits per heavy atom. The van der Waals surface area contributed by atoms with Gasteiger partial charge in [-0.3, -0.25) is 0 Å². The number of rotatable bonds is 4. The van der Waals surface area contributed by atoms with Gasteiger partial charge in [0.15, 0.2) is 0 Å². The molecule has 2 heterocycles. The summed E-state index contributed by atoms with van der Waals surface area (Å²) >= 11 is 0. The molecule has 0 saturated carbocycles. The average molecular weight is 401 g/mol. The van der Waals surface area contributed by atoms with Crippen LogP contribution in [0.15, 0.2) is 53.4 Å². The molecule has 2 aromatic rings. The van der Waals surface area contributed by atoms with E-state index < -0.39 is 10.0 Å². The second-order valence-corrected chi connectivity index (χ2v) is 9.58. The highest BCUT2D eigenvalue weighted by molar-refractivity contribution is 7.89. The molecule has 0 bridgehead atoms. The molecule has 4 rings (SSSR count). The molecule has 2 aliphatic rings. The third kappa shape index (κ3) is 3.62. The van der Waals surface area contributed by atoms with E-state index in [2.05, 4.69) is 9.80 Å². The Labute approximate surface area is 167 Å². The van der Waals surface area contributed by atoms with Gasteiger partial charge in [0.05, 0.1) is 11.7 Å². The first-order valence-corrected chi connectivity index (χ1v) is 11.3. The number of hydrogen-bond acceptors (Lipinski definition) is 5. The lowest BCUT2D eigenvalue weighted by Gasteiger charge is -2.39. The summed E-state index contributed by atoms with van der Waals surface area (Å²) in [6.07, 6.45) is 2.16. The number of benzene rings is 2. The molecule has 2 aromatic carbocycles. The van der Waals surface area contributed by atoms with Gasteiger partial charge in [-0.2, -0.15) is 4.31 Å². The topological polar surface area (TPSA) is 69.9 Å². The van der Waals surface area contributed by atoms with Crippen molar-refractivity contribution in [2.45, 2.75) is 23.8 Å². The smallest absolute Gasteiger partial charge is 0.245 e. The standard InChI is InChI=1S/C21H28N4O2S/c1-23-13-14-25(20(16-23)17-7-3-2-4-8-17)28(26,27)21-10-9-18(22)15-19(21)24-11-5-6-12-24/h2-4,7-10,15,20H,5-6,11-14,16,22H2,1H3/t20-/m1/s1. The third-order valence-electron chi connectivity index (χ3n) is 5.74. The Morgan fingerprint density at radius 2 is 1.68 bits per heavy atom. The van der Waals surface area contributed by atoms with Crippen LogP contribution >= 0.6 is 0 Å². The molecule has 0 amide bonds. The van der Waals surface area contributed by atoms with E-state index >= 15 is 0 Å². The minimum absolute atomic E-state index is 0.200. The van der Waals surface area contributed by atoms with Crippen LogP contribution in [0.25, 0.3) is 0 Å². The van der Waals surface area contributed by atoms with Crippen LogP contribution in [0, 0.1) is 0 Å². The molecule has 150 valence electrons. The zero-order chi connectivity index (χ0) is 19.7. The number of anilines is 2.